The predicted molar refractivity (Wildman–Crippen MR) is 57.5 cm³/mol. The van der Waals surface area contributed by atoms with Crippen LogP contribution in [0.15, 0.2) is 0 Å². The van der Waals surface area contributed by atoms with Gasteiger partial charge in [-0.3, -0.25) is 4.21 Å². The lowest BCUT2D eigenvalue weighted by molar-refractivity contribution is 0.218. The SMILES string of the molecule is CNC(C)CC(C)S(=O)CCOC. The molecule has 3 nitrogen and oxygen atoms in total. The number of methoxy groups -OCH3 is 1. The smallest absolute Gasteiger partial charge is 0.0577 e. The fraction of sp³-hybridized carbons (Fsp3) is 1.00. The minimum absolute atomic E-state index is 0.248. The van der Waals surface area contributed by atoms with Gasteiger partial charge in [-0.05, 0) is 20.4 Å². The quantitative estimate of drug-likeness (QED) is 0.670. The summed E-state index contributed by atoms with van der Waals surface area (Å²) in [5.41, 5.74) is 0. The molecule has 0 heterocycles. The second kappa shape index (κ2) is 7.47. The summed E-state index contributed by atoms with van der Waals surface area (Å²) in [6.45, 7) is 4.72. The number of ether oxygens (including phenoxy) is 1. The molecule has 0 saturated carbocycles. The fourth-order valence-corrected chi connectivity index (χ4v) is 2.33. The average Bonchev–Trinajstić information content (AvgIpc) is 2.13. The highest BCUT2D eigenvalue weighted by atomic mass is 32.2. The number of nitrogens with one attached hydrogen (secondary N) is 1. The maximum Gasteiger partial charge on any atom is 0.0577 e. The van der Waals surface area contributed by atoms with Gasteiger partial charge in [0.05, 0.1) is 6.61 Å². The number of rotatable bonds is 7. The van der Waals surface area contributed by atoms with Crippen LogP contribution in [0.25, 0.3) is 0 Å². The van der Waals surface area contributed by atoms with E-state index in [1.807, 2.05) is 14.0 Å². The molecule has 0 aromatic carbocycles. The molecule has 0 spiro atoms. The zero-order chi connectivity index (χ0) is 10.3. The summed E-state index contributed by atoms with van der Waals surface area (Å²) < 4.78 is 16.4. The van der Waals surface area contributed by atoms with Crippen LogP contribution >= 0.6 is 0 Å². The molecular formula is C9H21NO2S. The molecule has 0 aromatic heterocycles. The Morgan fingerprint density at radius 2 is 2.08 bits per heavy atom. The first-order valence-electron chi connectivity index (χ1n) is 4.65. The van der Waals surface area contributed by atoms with Crippen LogP contribution in [0, 0.1) is 0 Å². The number of hydrogen-bond donors (Lipinski definition) is 1. The molecule has 0 aliphatic heterocycles. The van der Waals surface area contributed by atoms with Crippen LogP contribution in [0.1, 0.15) is 20.3 Å². The third-order valence-electron chi connectivity index (χ3n) is 2.12. The first-order chi connectivity index (χ1) is 6.11. The van der Waals surface area contributed by atoms with Crippen molar-refractivity contribution in [2.45, 2.75) is 31.6 Å². The Balaban J connectivity index is 3.68. The van der Waals surface area contributed by atoms with Gasteiger partial charge in [-0.25, -0.2) is 0 Å². The van der Waals surface area contributed by atoms with Crippen LogP contribution in [0.5, 0.6) is 0 Å². The maximum absolute atomic E-state index is 11.6. The Hall–Kier alpha value is 0.0700. The summed E-state index contributed by atoms with van der Waals surface area (Å²) in [5.74, 6) is 0.647. The normalized spacial score (nSPS) is 18.2. The van der Waals surface area contributed by atoms with Gasteiger partial charge in [-0.2, -0.15) is 0 Å². The Morgan fingerprint density at radius 3 is 2.54 bits per heavy atom. The van der Waals surface area contributed by atoms with E-state index in [-0.39, 0.29) is 5.25 Å². The van der Waals surface area contributed by atoms with Crippen LogP contribution in [-0.2, 0) is 15.5 Å². The highest BCUT2D eigenvalue weighted by Crippen LogP contribution is 2.05. The van der Waals surface area contributed by atoms with Crippen LogP contribution in [0.4, 0.5) is 0 Å². The summed E-state index contributed by atoms with van der Waals surface area (Å²) in [5, 5.41) is 3.39. The van der Waals surface area contributed by atoms with Gasteiger partial charge in [0.1, 0.15) is 0 Å². The van der Waals surface area contributed by atoms with E-state index < -0.39 is 10.8 Å². The summed E-state index contributed by atoms with van der Waals surface area (Å²) >= 11 is 0. The van der Waals surface area contributed by atoms with Crippen LogP contribution in [0.3, 0.4) is 0 Å². The molecule has 1 N–H and O–H groups in total. The molecule has 0 rings (SSSR count). The minimum atomic E-state index is -0.752. The van der Waals surface area contributed by atoms with E-state index in [1.54, 1.807) is 7.11 Å². The second-order valence-corrected chi connectivity index (χ2v) is 5.29. The lowest BCUT2D eigenvalue weighted by Gasteiger charge is -2.15. The monoisotopic (exact) mass is 207 g/mol. The van der Waals surface area contributed by atoms with Gasteiger partial charge in [0.15, 0.2) is 0 Å². The molecule has 0 saturated heterocycles. The molecule has 0 aromatic rings. The van der Waals surface area contributed by atoms with Gasteiger partial charge >= 0.3 is 0 Å². The van der Waals surface area contributed by atoms with E-state index in [1.165, 1.54) is 0 Å². The van der Waals surface area contributed by atoms with Crippen LogP contribution in [-0.4, -0.2) is 42.0 Å². The van der Waals surface area contributed by atoms with Crippen molar-refractivity contribution in [3.05, 3.63) is 0 Å². The molecule has 0 radical (unpaired) electrons. The van der Waals surface area contributed by atoms with Gasteiger partial charge in [0, 0.05) is 35.0 Å². The van der Waals surface area contributed by atoms with Crippen molar-refractivity contribution in [2.24, 2.45) is 0 Å². The van der Waals surface area contributed by atoms with Crippen molar-refractivity contribution in [3.63, 3.8) is 0 Å². The molecule has 0 fully saturated rings. The lowest BCUT2D eigenvalue weighted by Crippen LogP contribution is -2.28. The maximum atomic E-state index is 11.6. The average molecular weight is 207 g/mol. The zero-order valence-electron chi connectivity index (χ0n) is 9.00. The largest absolute Gasteiger partial charge is 0.384 e. The molecular weight excluding hydrogens is 186 g/mol. The highest BCUT2D eigenvalue weighted by Gasteiger charge is 2.13. The van der Waals surface area contributed by atoms with Crippen molar-refractivity contribution >= 4 is 10.8 Å². The Bertz CT molecular complexity index is 153. The molecule has 80 valence electrons. The van der Waals surface area contributed by atoms with E-state index in [9.17, 15) is 4.21 Å². The molecule has 0 aliphatic carbocycles. The van der Waals surface area contributed by atoms with Gasteiger partial charge in [-0.15, -0.1) is 0 Å². The van der Waals surface area contributed by atoms with Crippen molar-refractivity contribution in [3.8, 4) is 0 Å². The van der Waals surface area contributed by atoms with Crippen molar-refractivity contribution in [2.75, 3.05) is 26.5 Å². The Morgan fingerprint density at radius 1 is 1.46 bits per heavy atom. The summed E-state index contributed by atoms with van der Waals surface area (Å²) in [4.78, 5) is 0. The van der Waals surface area contributed by atoms with Gasteiger partial charge < -0.3 is 10.1 Å². The lowest BCUT2D eigenvalue weighted by atomic mass is 10.2. The fourth-order valence-electron chi connectivity index (χ4n) is 1.09. The Kier molecular flexibility index (Phi) is 7.51. The van der Waals surface area contributed by atoms with Crippen LogP contribution < -0.4 is 5.32 Å². The second-order valence-electron chi connectivity index (χ2n) is 3.31. The highest BCUT2D eigenvalue weighted by molar-refractivity contribution is 7.85. The van der Waals surface area contributed by atoms with E-state index in [0.717, 1.165) is 6.42 Å². The summed E-state index contributed by atoms with van der Waals surface area (Å²) in [6.07, 6.45) is 0.951. The van der Waals surface area contributed by atoms with Crippen molar-refractivity contribution in [1.82, 2.24) is 5.32 Å². The van der Waals surface area contributed by atoms with E-state index in [4.69, 9.17) is 4.74 Å². The standard InChI is InChI=1S/C9H21NO2S/c1-8(10-3)7-9(2)13(11)6-5-12-4/h8-10H,5-7H2,1-4H3. The molecule has 0 bridgehead atoms. The zero-order valence-corrected chi connectivity index (χ0v) is 9.82. The van der Waals surface area contributed by atoms with E-state index >= 15 is 0 Å². The molecule has 13 heavy (non-hydrogen) atoms. The van der Waals surface area contributed by atoms with E-state index in [0.29, 0.717) is 18.4 Å². The summed E-state index contributed by atoms with van der Waals surface area (Å²) in [7, 11) is 2.81. The third-order valence-corrected chi connectivity index (χ3v) is 3.77. The molecule has 4 heteroatoms. The van der Waals surface area contributed by atoms with Crippen molar-refractivity contribution in [1.29, 1.82) is 0 Å². The van der Waals surface area contributed by atoms with Gasteiger partial charge in [0.25, 0.3) is 0 Å². The summed E-state index contributed by atoms with van der Waals surface area (Å²) in [6, 6.07) is 0.432. The molecule has 0 amide bonds. The van der Waals surface area contributed by atoms with E-state index in [2.05, 4.69) is 12.2 Å². The first kappa shape index (κ1) is 13.1. The molecule has 3 atom stereocenters. The Labute approximate surface area is 83.7 Å². The van der Waals surface area contributed by atoms with Crippen molar-refractivity contribution < 1.29 is 8.95 Å². The third kappa shape index (κ3) is 6.18. The first-order valence-corrected chi connectivity index (χ1v) is 6.03. The van der Waals surface area contributed by atoms with Gasteiger partial charge in [-0.1, -0.05) is 6.92 Å². The number of hydrogen-bond acceptors (Lipinski definition) is 3. The van der Waals surface area contributed by atoms with Gasteiger partial charge in [0.2, 0.25) is 0 Å². The minimum Gasteiger partial charge on any atom is -0.384 e. The van der Waals surface area contributed by atoms with Crippen LogP contribution in [0.2, 0.25) is 0 Å². The molecule has 0 aliphatic rings. The predicted octanol–water partition coefficient (Wildman–Crippen LogP) is 0.768. The topological polar surface area (TPSA) is 38.3 Å². The molecule has 3 unspecified atom stereocenters.